The number of nitrogens with zero attached hydrogens (tertiary/aromatic N) is 8. The number of hydrogen-bond donors (Lipinski definition) is 3. The minimum absolute atomic E-state index is 0. The number of carboxylic acid groups (broad SMARTS) is 16. The maximum absolute atomic E-state index is 10.3. The molecule has 0 aliphatic carbocycles. The van der Waals surface area contributed by atoms with Crippen molar-refractivity contribution >= 4 is 95.5 Å². The summed E-state index contributed by atoms with van der Waals surface area (Å²) in [6, 6.07) is 28.7. The van der Waals surface area contributed by atoms with Gasteiger partial charge in [-0.05, 0) is 97.1 Å². The van der Waals surface area contributed by atoms with Crippen LogP contribution < -0.4 is 66.4 Å². The van der Waals surface area contributed by atoms with E-state index in [4.69, 9.17) is 15.3 Å². The van der Waals surface area contributed by atoms with E-state index in [9.17, 15) is 143 Å². The van der Waals surface area contributed by atoms with Crippen LogP contribution in [0.25, 0.3) is 0 Å². The van der Waals surface area contributed by atoms with Crippen molar-refractivity contribution in [2.45, 2.75) is 0 Å². The number of pyridine rings is 8. The molecule has 0 amide bonds. The molecule has 0 bridgehead atoms. The molecule has 624 valence electrons. The van der Waals surface area contributed by atoms with Crippen molar-refractivity contribution in [1.82, 2.24) is 39.9 Å². The number of carbonyl (C=O) groups excluding carboxylic acids is 13. The van der Waals surface area contributed by atoms with E-state index in [1.54, 1.807) is 0 Å². The normalized spacial score (nSPS) is 8.00. The molecular weight excluding hydrogens is 1720 g/mol. The summed E-state index contributed by atoms with van der Waals surface area (Å²) in [6.45, 7) is 0. The van der Waals surface area contributed by atoms with Gasteiger partial charge in [0.25, 0.3) is 0 Å². The molecule has 0 unspecified atom stereocenters. The average molecular weight is 1780 g/mol. The molecule has 0 atom stereocenters. The Bertz CT molecular complexity index is 3300. The van der Waals surface area contributed by atoms with E-state index in [0.717, 1.165) is 60.7 Å². The first-order chi connectivity index (χ1) is 44.9. The summed E-state index contributed by atoms with van der Waals surface area (Å²) in [4.78, 5) is 190. The summed E-state index contributed by atoms with van der Waals surface area (Å²) in [6.07, 6.45) is 0. The molecule has 52 nitrogen and oxygen atoms in total. The smallest absolute Gasteiger partial charge is 0.543 e. The first kappa shape index (κ1) is 137. The average Bonchev–Trinajstić information content (AvgIpc) is 3.55. The molecule has 112 heavy (non-hydrogen) atoms. The Balaban J connectivity index is -0.0000000565. The third-order valence-electron chi connectivity index (χ3n) is 9.37. The van der Waals surface area contributed by atoms with Crippen molar-refractivity contribution in [3.8, 4) is 0 Å². The zero-order chi connectivity index (χ0) is 73.1. The molecular formula is C56H56N8Ni4O44. The Kier molecular flexibility index (Phi) is 84.6. The van der Waals surface area contributed by atoms with E-state index in [1.807, 2.05) is 0 Å². The van der Waals surface area contributed by atoms with Crippen LogP contribution in [0.3, 0.4) is 0 Å². The van der Waals surface area contributed by atoms with Gasteiger partial charge in [0.2, 0.25) is 0 Å². The van der Waals surface area contributed by atoms with Gasteiger partial charge in [-0.25, -0.2) is 54.3 Å². The zero-order valence-corrected chi connectivity index (χ0v) is 58.1. The van der Waals surface area contributed by atoms with Gasteiger partial charge in [0.15, 0.2) is 0 Å². The minimum Gasteiger partial charge on any atom is -0.543 e. The predicted octanol–water partition coefficient (Wildman–Crippen LogP) is -23.5. The van der Waals surface area contributed by atoms with E-state index in [1.165, 1.54) is 84.9 Å². The van der Waals surface area contributed by atoms with Gasteiger partial charge < -0.3 is 210 Å². The maximum Gasteiger partial charge on any atom is 2.00 e. The van der Waals surface area contributed by atoms with E-state index in [2.05, 4.69) is 39.9 Å². The minimum atomic E-state index is -1.52. The summed E-state index contributed by atoms with van der Waals surface area (Å²) in [5.41, 5.74) is -6.26. The molecule has 8 heterocycles. The van der Waals surface area contributed by atoms with Crippen LogP contribution in [0, 0.1) is 0 Å². The van der Waals surface area contributed by atoms with Crippen molar-refractivity contribution in [2.75, 3.05) is 0 Å². The Morgan fingerprint density at radius 2 is 0.241 bits per heavy atom. The van der Waals surface area contributed by atoms with Crippen molar-refractivity contribution in [3.63, 3.8) is 0 Å². The third-order valence-corrected chi connectivity index (χ3v) is 9.37. The van der Waals surface area contributed by atoms with Crippen molar-refractivity contribution in [1.29, 1.82) is 0 Å². The van der Waals surface area contributed by atoms with Gasteiger partial charge in [-0.3, -0.25) is 0 Å². The van der Waals surface area contributed by atoms with Gasteiger partial charge in [0.1, 0.15) is 17.1 Å². The second-order valence-electron chi connectivity index (χ2n) is 15.9. The van der Waals surface area contributed by atoms with Crippen molar-refractivity contribution < 1.29 is 293 Å². The monoisotopic (exact) mass is 1780 g/mol. The number of rotatable bonds is 16. The molecule has 0 aromatic carbocycles. The molecule has 8 aromatic rings. The number of carboxylic acids is 16. The second-order valence-corrected chi connectivity index (χ2v) is 15.9. The van der Waals surface area contributed by atoms with Crippen LogP contribution in [0.4, 0.5) is 0 Å². The summed E-state index contributed by atoms with van der Waals surface area (Å²) >= 11 is 0. The van der Waals surface area contributed by atoms with Crippen molar-refractivity contribution in [2.24, 2.45) is 0 Å². The van der Waals surface area contributed by atoms with Gasteiger partial charge in [-0.15, -0.1) is 0 Å². The standard InChI is InChI=1S/8C7H5NO4.4Ni.12H2O/c8*9-6(10)4-2-1-3-5(8-4)7(11)12;;;;;;;;;;;;;;;;/h8*1-3H,(H,9,10)(H,11,12);;;;;12*1H2/q;;;;;;;;4*+2;;;;;;;;;;;;/p-8. The molecule has 0 saturated heterocycles. The number of aromatic carboxylic acids is 16. The van der Waals surface area contributed by atoms with Crippen LogP contribution in [0.1, 0.15) is 171 Å². The third kappa shape index (κ3) is 51.4. The van der Waals surface area contributed by atoms with Crippen molar-refractivity contribution in [3.05, 3.63) is 237 Å². The SMILES string of the molecule is O.O.O.O.O.O.O.O.O.O=C([O-])c1cccc(C(=O)O)n1.O=C([O-])c1cccc(C(=O)O)n1.O=C([O-])c1cccc(C(=O)O)n1.O=C([O-])c1cccc(C(=O)[O-])n1.O=C([O-])c1cccc(C(=O)[O-])n1.O=C([O-])c1cccc(C(=O)[O-])n1.O=C([O-])c1cccc(C(=O)[O-])n1.O=C([O-])c1cccc(C(=O)[O-])n1.[H+].[H+].[Ni+2].[Ni+2].[Ni+2].[Ni+2].[OH3+].[OH3+].[OH3+]. The van der Waals surface area contributed by atoms with E-state index < -0.39 is 152 Å². The molecule has 0 aliphatic rings. The van der Waals surface area contributed by atoms with Gasteiger partial charge >= 0.3 is 86.7 Å². The van der Waals surface area contributed by atoms with Gasteiger partial charge in [0, 0.05) is 0 Å². The summed E-state index contributed by atoms with van der Waals surface area (Å²) < 4.78 is 0. The Morgan fingerprint density at radius 1 is 0.179 bits per heavy atom. The molecule has 0 fully saturated rings. The molecule has 0 spiro atoms. The molecule has 56 heteroatoms. The molecule has 0 radical (unpaired) electrons. The number of carbonyl (C=O) groups is 16. The summed E-state index contributed by atoms with van der Waals surface area (Å²) in [5.74, 6) is -23.4. The van der Waals surface area contributed by atoms with Crippen LogP contribution in [0.2, 0.25) is 0 Å². The van der Waals surface area contributed by atoms with E-state index in [0.29, 0.717) is 0 Å². The Hall–Kier alpha value is -13.8. The Morgan fingerprint density at radius 3 is 0.304 bits per heavy atom. The molecule has 0 saturated carbocycles. The largest absolute Gasteiger partial charge is 2.00 e. The first-order valence-electron chi connectivity index (χ1n) is 24.1. The molecule has 0 aliphatic heterocycles. The van der Waals surface area contributed by atoms with Gasteiger partial charge in [-0.1, -0.05) is 48.5 Å². The summed E-state index contributed by atoms with van der Waals surface area (Å²) in [5, 5.41) is 158. The van der Waals surface area contributed by atoms with Crippen LogP contribution in [0.5, 0.6) is 0 Å². The fourth-order valence-electron chi connectivity index (χ4n) is 5.31. The molecule has 8 aromatic heterocycles. The maximum atomic E-state index is 10.3. The molecule has 8 rings (SSSR count). The van der Waals surface area contributed by atoms with Gasteiger partial charge in [-0.2, -0.15) is 0 Å². The number of hydrogen-bond acceptors (Lipinski definition) is 37. The van der Waals surface area contributed by atoms with Crippen LogP contribution in [0.15, 0.2) is 146 Å². The van der Waals surface area contributed by atoms with E-state index in [-0.39, 0.29) is 169 Å². The topological polar surface area (TPSA) is 1120 Å². The first-order valence-corrected chi connectivity index (χ1v) is 24.1. The fourth-order valence-corrected chi connectivity index (χ4v) is 5.31. The van der Waals surface area contributed by atoms with Crippen LogP contribution in [-0.4, -0.2) is 200 Å². The molecule has 30 N–H and O–H groups in total. The Labute approximate surface area is 662 Å². The zero-order valence-electron chi connectivity index (χ0n) is 56.1. The van der Waals surface area contributed by atoms with Crippen LogP contribution in [-0.2, 0) is 82.4 Å². The number of aromatic nitrogens is 8. The summed E-state index contributed by atoms with van der Waals surface area (Å²) in [7, 11) is 0. The van der Waals surface area contributed by atoms with Crippen LogP contribution >= 0.6 is 0 Å². The van der Waals surface area contributed by atoms with Gasteiger partial charge in [0.05, 0.1) is 152 Å². The second kappa shape index (κ2) is 69.0. The quantitative estimate of drug-likeness (QED) is 0.0597. The van der Waals surface area contributed by atoms with E-state index >= 15 is 0 Å². The fraction of sp³-hybridized carbons (Fsp3) is 0. The predicted molar refractivity (Wildman–Crippen MR) is 320 cm³/mol.